The minimum Gasteiger partial charge on any atom is -0.451 e. The van der Waals surface area contributed by atoms with E-state index in [0.717, 1.165) is 16.7 Å². The molecule has 0 bridgehead atoms. The van der Waals surface area contributed by atoms with E-state index in [4.69, 9.17) is 4.74 Å². The first kappa shape index (κ1) is 17.9. The lowest BCUT2D eigenvalue weighted by atomic mass is 9.96. The summed E-state index contributed by atoms with van der Waals surface area (Å²) >= 11 is 0. The van der Waals surface area contributed by atoms with E-state index in [9.17, 15) is 9.90 Å². The largest absolute Gasteiger partial charge is 0.451 e. The van der Waals surface area contributed by atoms with E-state index in [-0.39, 0.29) is 0 Å². The van der Waals surface area contributed by atoms with Crippen LogP contribution in [0.1, 0.15) is 44.8 Å². The first-order chi connectivity index (χ1) is 12.5. The molecule has 0 fully saturated rings. The SMILES string of the molecule is Cc1ccc([C@@H](O)[C@@H](OC(=O)c2ccccc2)c2ccc(C)cc2)cc1. The van der Waals surface area contributed by atoms with Crippen LogP contribution in [-0.4, -0.2) is 11.1 Å². The average molecular weight is 346 g/mol. The van der Waals surface area contributed by atoms with Gasteiger partial charge in [0.25, 0.3) is 0 Å². The summed E-state index contributed by atoms with van der Waals surface area (Å²) in [4.78, 5) is 12.6. The molecular weight excluding hydrogens is 324 g/mol. The van der Waals surface area contributed by atoms with Gasteiger partial charge in [0.15, 0.2) is 6.10 Å². The van der Waals surface area contributed by atoms with Crippen molar-refractivity contribution in [2.45, 2.75) is 26.1 Å². The molecule has 26 heavy (non-hydrogen) atoms. The summed E-state index contributed by atoms with van der Waals surface area (Å²) in [5, 5.41) is 10.9. The standard InChI is InChI=1S/C23H22O3/c1-16-8-12-18(13-9-16)21(24)22(19-14-10-17(2)11-15-19)26-23(25)20-6-4-3-5-7-20/h3-15,21-22,24H,1-2H3/t21-,22+/m1/s1. The van der Waals surface area contributed by atoms with E-state index in [2.05, 4.69) is 0 Å². The van der Waals surface area contributed by atoms with Gasteiger partial charge in [-0.3, -0.25) is 0 Å². The maximum absolute atomic E-state index is 12.6. The molecule has 0 aliphatic heterocycles. The molecule has 0 spiro atoms. The van der Waals surface area contributed by atoms with Gasteiger partial charge in [-0.25, -0.2) is 4.79 Å². The van der Waals surface area contributed by atoms with E-state index in [1.807, 2.05) is 68.4 Å². The second-order valence-corrected chi connectivity index (χ2v) is 6.46. The second kappa shape index (κ2) is 7.98. The molecule has 0 unspecified atom stereocenters. The van der Waals surface area contributed by atoms with E-state index >= 15 is 0 Å². The molecule has 0 aliphatic rings. The zero-order valence-electron chi connectivity index (χ0n) is 14.9. The lowest BCUT2D eigenvalue weighted by Crippen LogP contribution is -2.19. The van der Waals surface area contributed by atoms with Crippen LogP contribution in [0.25, 0.3) is 0 Å². The molecule has 0 radical (unpaired) electrons. The molecule has 0 saturated heterocycles. The quantitative estimate of drug-likeness (QED) is 0.666. The fourth-order valence-corrected chi connectivity index (χ4v) is 2.77. The lowest BCUT2D eigenvalue weighted by Gasteiger charge is -2.24. The van der Waals surface area contributed by atoms with Gasteiger partial charge in [-0.05, 0) is 37.1 Å². The van der Waals surface area contributed by atoms with Crippen molar-refractivity contribution in [1.82, 2.24) is 0 Å². The van der Waals surface area contributed by atoms with E-state index in [0.29, 0.717) is 11.1 Å². The van der Waals surface area contributed by atoms with Crippen LogP contribution in [0, 0.1) is 13.8 Å². The third-order valence-electron chi connectivity index (χ3n) is 4.36. The number of aliphatic hydroxyl groups is 1. The Labute approximate surface area is 153 Å². The Morgan fingerprint density at radius 2 is 1.27 bits per heavy atom. The van der Waals surface area contributed by atoms with Gasteiger partial charge in [-0.2, -0.15) is 0 Å². The Balaban J connectivity index is 1.92. The van der Waals surface area contributed by atoms with Crippen LogP contribution in [0.3, 0.4) is 0 Å². The summed E-state index contributed by atoms with van der Waals surface area (Å²) in [5.41, 5.74) is 4.14. The third-order valence-corrected chi connectivity index (χ3v) is 4.36. The fraction of sp³-hybridized carbons (Fsp3) is 0.174. The predicted octanol–water partition coefficient (Wildman–Crippen LogP) is 4.94. The topological polar surface area (TPSA) is 46.5 Å². The first-order valence-electron chi connectivity index (χ1n) is 8.62. The summed E-state index contributed by atoms with van der Waals surface area (Å²) in [7, 11) is 0. The van der Waals surface area contributed by atoms with Crippen LogP contribution in [0.15, 0.2) is 78.9 Å². The summed E-state index contributed by atoms with van der Waals surface area (Å²) < 4.78 is 5.72. The van der Waals surface area contributed by atoms with Gasteiger partial charge < -0.3 is 9.84 Å². The molecule has 1 N–H and O–H groups in total. The fourth-order valence-electron chi connectivity index (χ4n) is 2.77. The van der Waals surface area contributed by atoms with Crippen LogP contribution < -0.4 is 0 Å². The molecule has 2 atom stereocenters. The van der Waals surface area contributed by atoms with Crippen molar-refractivity contribution in [1.29, 1.82) is 0 Å². The van der Waals surface area contributed by atoms with Crippen molar-refractivity contribution < 1.29 is 14.6 Å². The Kier molecular flexibility index (Phi) is 5.49. The van der Waals surface area contributed by atoms with Gasteiger partial charge in [-0.15, -0.1) is 0 Å². The molecule has 3 aromatic rings. The molecule has 0 aliphatic carbocycles. The van der Waals surface area contributed by atoms with E-state index in [1.54, 1.807) is 24.3 Å². The maximum Gasteiger partial charge on any atom is 0.338 e. The number of rotatable bonds is 5. The number of carbonyl (C=O) groups excluding carboxylic acids is 1. The Morgan fingerprint density at radius 1 is 0.769 bits per heavy atom. The van der Waals surface area contributed by atoms with Crippen LogP contribution >= 0.6 is 0 Å². The molecule has 132 valence electrons. The van der Waals surface area contributed by atoms with Crippen LogP contribution in [-0.2, 0) is 4.74 Å². The first-order valence-corrected chi connectivity index (χ1v) is 8.62. The highest BCUT2D eigenvalue weighted by molar-refractivity contribution is 5.89. The van der Waals surface area contributed by atoms with Gasteiger partial charge in [-0.1, -0.05) is 77.9 Å². The summed E-state index contributed by atoms with van der Waals surface area (Å²) in [6.07, 6.45) is -1.74. The van der Waals surface area contributed by atoms with Crippen molar-refractivity contribution in [3.8, 4) is 0 Å². The zero-order chi connectivity index (χ0) is 18.5. The molecule has 0 aromatic heterocycles. The number of hydrogen-bond donors (Lipinski definition) is 1. The minimum absolute atomic E-state index is 0.456. The number of hydrogen-bond acceptors (Lipinski definition) is 3. The molecule has 0 saturated carbocycles. The number of aryl methyl sites for hydroxylation is 2. The van der Waals surface area contributed by atoms with Crippen molar-refractivity contribution in [2.75, 3.05) is 0 Å². The lowest BCUT2D eigenvalue weighted by molar-refractivity contribution is -0.0209. The normalized spacial score (nSPS) is 13.0. The highest BCUT2D eigenvalue weighted by atomic mass is 16.6. The highest BCUT2D eigenvalue weighted by Gasteiger charge is 2.27. The Hall–Kier alpha value is -2.91. The van der Waals surface area contributed by atoms with Crippen LogP contribution in [0.5, 0.6) is 0 Å². The third kappa shape index (κ3) is 4.19. The highest BCUT2D eigenvalue weighted by Crippen LogP contribution is 2.33. The van der Waals surface area contributed by atoms with Crippen molar-refractivity contribution >= 4 is 5.97 Å². The predicted molar refractivity (Wildman–Crippen MR) is 102 cm³/mol. The Morgan fingerprint density at radius 3 is 1.81 bits per heavy atom. The molecule has 3 nitrogen and oxygen atoms in total. The zero-order valence-corrected chi connectivity index (χ0v) is 14.9. The summed E-state index contributed by atoms with van der Waals surface area (Å²) in [6.45, 7) is 3.98. The molecular formula is C23H22O3. The Bertz CT molecular complexity index is 852. The number of carbonyl (C=O) groups is 1. The van der Waals surface area contributed by atoms with Gasteiger partial charge >= 0.3 is 5.97 Å². The number of esters is 1. The van der Waals surface area contributed by atoms with E-state index < -0.39 is 18.2 Å². The smallest absolute Gasteiger partial charge is 0.338 e. The molecule has 3 rings (SSSR count). The molecule has 0 heterocycles. The van der Waals surface area contributed by atoms with Gasteiger partial charge in [0.05, 0.1) is 5.56 Å². The van der Waals surface area contributed by atoms with Gasteiger partial charge in [0.1, 0.15) is 6.10 Å². The van der Waals surface area contributed by atoms with Crippen molar-refractivity contribution in [3.05, 3.63) is 107 Å². The maximum atomic E-state index is 12.6. The van der Waals surface area contributed by atoms with Crippen LogP contribution in [0.4, 0.5) is 0 Å². The summed E-state index contributed by atoms with van der Waals surface area (Å²) in [6, 6.07) is 24.1. The van der Waals surface area contributed by atoms with Gasteiger partial charge in [0, 0.05) is 0 Å². The van der Waals surface area contributed by atoms with Crippen molar-refractivity contribution in [3.63, 3.8) is 0 Å². The number of aliphatic hydroxyl groups excluding tert-OH is 1. The number of benzene rings is 3. The molecule has 3 heteroatoms. The minimum atomic E-state index is -0.953. The average Bonchev–Trinajstić information content (AvgIpc) is 2.67. The molecule has 0 amide bonds. The van der Waals surface area contributed by atoms with Crippen LogP contribution in [0.2, 0.25) is 0 Å². The van der Waals surface area contributed by atoms with E-state index in [1.165, 1.54) is 0 Å². The monoisotopic (exact) mass is 346 g/mol. The summed E-state index contributed by atoms with van der Waals surface area (Å²) in [5.74, 6) is -0.456. The second-order valence-electron chi connectivity index (χ2n) is 6.46. The van der Waals surface area contributed by atoms with Crippen molar-refractivity contribution in [2.24, 2.45) is 0 Å². The van der Waals surface area contributed by atoms with Gasteiger partial charge in [0.2, 0.25) is 0 Å². The number of ether oxygens (including phenoxy) is 1. The molecule has 3 aromatic carbocycles.